The molecule has 17 heavy (non-hydrogen) atoms. The van der Waals surface area contributed by atoms with Crippen molar-refractivity contribution in [1.82, 2.24) is 0 Å². The smallest absolute Gasteiger partial charge is 0.306 e. The fraction of sp³-hybridized carbons (Fsp3) is 0.933. The van der Waals surface area contributed by atoms with Gasteiger partial charge in [-0.1, -0.05) is 26.7 Å². The normalized spacial score (nSPS) is 37.4. The monoisotopic (exact) mass is 238 g/mol. The maximum atomic E-state index is 11.0. The number of esters is 1. The first-order valence-electron chi connectivity index (χ1n) is 7.42. The Balaban J connectivity index is 1.76. The van der Waals surface area contributed by atoms with E-state index in [0.29, 0.717) is 6.42 Å². The summed E-state index contributed by atoms with van der Waals surface area (Å²) in [7, 11) is 0. The summed E-state index contributed by atoms with van der Waals surface area (Å²) in [4.78, 5) is 11.0. The minimum Gasteiger partial charge on any atom is -0.462 e. The van der Waals surface area contributed by atoms with Gasteiger partial charge in [-0.25, -0.2) is 0 Å². The van der Waals surface area contributed by atoms with Crippen molar-refractivity contribution in [3.8, 4) is 0 Å². The number of cyclic esters (lactones) is 1. The van der Waals surface area contributed by atoms with Gasteiger partial charge >= 0.3 is 5.97 Å². The molecule has 2 aliphatic rings. The summed E-state index contributed by atoms with van der Waals surface area (Å²) in [5.41, 5.74) is 0. The van der Waals surface area contributed by atoms with Gasteiger partial charge in [0.25, 0.3) is 0 Å². The van der Waals surface area contributed by atoms with E-state index in [0.717, 1.165) is 30.6 Å². The van der Waals surface area contributed by atoms with E-state index in [9.17, 15) is 4.79 Å². The van der Waals surface area contributed by atoms with Crippen LogP contribution in [0, 0.1) is 17.8 Å². The highest BCUT2D eigenvalue weighted by Gasteiger charge is 2.33. The number of rotatable bonds is 5. The third-order valence-corrected chi connectivity index (χ3v) is 4.87. The van der Waals surface area contributed by atoms with Crippen molar-refractivity contribution in [2.45, 2.75) is 71.3 Å². The molecule has 0 amide bonds. The molecule has 0 aromatic rings. The van der Waals surface area contributed by atoms with E-state index < -0.39 is 0 Å². The van der Waals surface area contributed by atoms with Crippen molar-refractivity contribution >= 4 is 5.97 Å². The standard InChI is InChI=1S/C15H26O2/c1-3-11-9-12(4-2)13(10-11)5-6-14-7-8-15(16)17-14/h11-14H,3-10H2,1-2H3. The first kappa shape index (κ1) is 12.9. The maximum absolute atomic E-state index is 11.0. The highest BCUT2D eigenvalue weighted by molar-refractivity contribution is 5.71. The second-order valence-electron chi connectivity index (χ2n) is 5.90. The Hall–Kier alpha value is -0.530. The summed E-state index contributed by atoms with van der Waals surface area (Å²) in [6, 6.07) is 0. The molecule has 2 rings (SSSR count). The Morgan fingerprint density at radius 2 is 1.88 bits per heavy atom. The molecule has 0 spiro atoms. The van der Waals surface area contributed by atoms with Gasteiger partial charge in [0.1, 0.15) is 6.10 Å². The topological polar surface area (TPSA) is 26.3 Å². The van der Waals surface area contributed by atoms with Crippen LogP contribution in [0.1, 0.15) is 65.2 Å². The van der Waals surface area contributed by atoms with Gasteiger partial charge in [-0.2, -0.15) is 0 Å². The van der Waals surface area contributed by atoms with Crippen LogP contribution in [0.2, 0.25) is 0 Å². The first-order chi connectivity index (χ1) is 8.22. The molecule has 0 aromatic heterocycles. The molecule has 1 aliphatic heterocycles. The van der Waals surface area contributed by atoms with E-state index in [1.165, 1.54) is 32.1 Å². The van der Waals surface area contributed by atoms with Gasteiger partial charge in [-0.05, 0) is 49.9 Å². The maximum Gasteiger partial charge on any atom is 0.306 e. The van der Waals surface area contributed by atoms with E-state index in [1.807, 2.05) is 0 Å². The van der Waals surface area contributed by atoms with Gasteiger partial charge < -0.3 is 4.74 Å². The zero-order valence-electron chi connectivity index (χ0n) is 11.3. The number of carbonyl (C=O) groups is 1. The van der Waals surface area contributed by atoms with Crippen molar-refractivity contribution in [2.24, 2.45) is 17.8 Å². The predicted octanol–water partition coefficient (Wildman–Crippen LogP) is 3.93. The quantitative estimate of drug-likeness (QED) is 0.678. The molecule has 1 aliphatic carbocycles. The molecule has 1 saturated heterocycles. The molecule has 2 nitrogen and oxygen atoms in total. The van der Waals surface area contributed by atoms with Crippen molar-refractivity contribution in [3.05, 3.63) is 0 Å². The van der Waals surface area contributed by atoms with Crippen LogP contribution >= 0.6 is 0 Å². The van der Waals surface area contributed by atoms with E-state index in [2.05, 4.69) is 13.8 Å². The second-order valence-corrected chi connectivity index (χ2v) is 5.90. The van der Waals surface area contributed by atoms with Crippen molar-refractivity contribution < 1.29 is 9.53 Å². The molecule has 98 valence electrons. The zero-order valence-corrected chi connectivity index (χ0v) is 11.3. The molecule has 0 N–H and O–H groups in total. The molecule has 2 heteroatoms. The summed E-state index contributed by atoms with van der Waals surface area (Å²) in [5, 5.41) is 0. The Morgan fingerprint density at radius 1 is 1.12 bits per heavy atom. The lowest BCUT2D eigenvalue weighted by Gasteiger charge is -2.19. The van der Waals surface area contributed by atoms with E-state index >= 15 is 0 Å². The van der Waals surface area contributed by atoms with Crippen LogP contribution in [-0.4, -0.2) is 12.1 Å². The third-order valence-electron chi connectivity index (χ3n) is 4.87. The first-order valence-corrected chi connectivity index (χ1v) is 7.42. The molecule has 2 fully saturated rings. The molecule has 0 aromatic carbocycles. The Bertz CT molecular complexity index is 262. The average Bonchev–Trinajstić information content (AvgIpc) is 2.92. The molecule has 0 radical (unpaired) electrons. The molecule has 0 bridgehead atoms. The number of hydrogen-bond acceptors (Lipinski definition) is 2. The number of hydrogen-bond donors (Lipinski definition) is 0. The van der Waals surface area contributed by atoms with Gasteiger partial charge in [0.15, 0.2) is 0 Å². The Morgan fingerprint density at radius 3 is 2.47 bits per heavy atom. The van der Waals surface area contributed by atoms with Gasteiger partial charge in [-0.3, -0.25) is 4.79 Å². The van der Waals surface area contributed by atoms with Crippen LogP contribution in [-0.2, 0) is 9.53 Å². The minimum atomic E-state index is 0.0138. The van der Waals surface area contributed by atoms with Crippen LogP contribution in [0.25, 0.3) is 0 Å². The zero-order chi connectivity index (χ0) is 12.3. The molecular weight excluding hydrogens is 212 g/mol. The largest absolute Gasteiger partial charge is 0.462 e. The molecule has 4 atom stereocenters. The van der Waals surface area contributed by atoms with Crippen LogP contribution < -0.4 is 0 Å². The fourth-order valence-corrected chi connectivity index (χ4v) is 3.71. The molecule has 4 unspecified atom stereocenters. The lowest BCUT2D eigenvalue weighted by atomic mass is 9.88. The molecule has 1 saturated carbocycles. The van der Waals surface area contributed by atoms with Crippen molar-refractivity contribution in [2.75, 3.05) is 0 Å². The summed E-state index contributed by atoms with van der Waals surface area (Å²) in [6.45, 7) is 4.64. The molecule has 1 heterocycles. The van der Waals surface area contributed by atoms with Crippen LogP contribution in [0.5, 0.6) is 0 Å². The van der Waals surface area contributed by atoms with Crippen LogP contribution in [0.4, 0.5) is 0 Å². The highest BCUT2D eigenvalue weighted by Crippen LogP contribution is 2.42. The van der Waals surface area contributed by atoms with E-state index in [1.54, 1.807) is 0 Å². The lowest BCUT2D eigenvalue weighted by molar-refractivity contribution is -0.141. The summed E-state index contributed by atoms with van der Waals surface area (Å²) in [5.74, 6) is 2.79. The van der Waals surface area contributed by atoms with Crippen molar-refractivity contribution in [3.63, 3.8) is 0 Å². The number of ether oxygens (including phenoxy) is 1. The third kappa shape index (κ3) is 3.23. The summed E-state index contributed by atoms with van der Waals surface area (Å²) >= 11 is 0. The van der Waals surface area contributed by atoms with Crippen molar-refractivity contribution in [1.29, 1.82) is 0 Å². The van der Waals surface area contributed by atoms with Crippen LogP contribution in [0.3, 0.4) is 0 Å². The average molecular weight is 238 g/mol. The highest BCUT2D eigenvalue weighted by atomic mass is 16.5. The lowest BCUT2D eigenvalue weighted by Crippen LogP contribution is -2.12. The fourth-order valence-electron chi connectivity index (χ4n) is 3.71. The SMILES string of the molecule is CCC1CC(CC)C(CCC2CCC(=O)O2)C1. The van der Waals surface area contributed by atoms with Gasteiger partial charge in [0.2, 0.25) is 0 Å². The summed E-state index contributed by atoms with van der Waals surface area (Å²) < 4.78 is 5.30. The van der Waals surface area contributed by atoms with Gasteiger partial charge in [0, 0.05) is 6.42 Å². The van der Waals surface area contributed by atoms with Gasteiger partial charge in [0.05, 0.1) is 0 Å². The molecular formula is C15H26O2. The summed E-state index contributed by atoms with van der Waals surface area (Å²) in [6.07, 6.45) is 9.72. The van der Waals surface area contributed by atoms with E-state index in [-0.39, 0.29) is 12.1 Å². The second kappa shape index (κ2) is 5.88. The predicted molar refractivity (Wildman–Crippen MR) is 68.6 cm³/mol. The Labute approximate surface area is 105 Å². The van der Waals surface area contributed by atoms with Crippen LogP contribution in [0.15, 0.2) is 0 Å². The number of carbonyl (C=O) groups excluding carboxylic acids is 1. The van der Waals surface area contributed by atoms with E-state index in [4.69, 9.17) is 4.74 Å². The Kier molecular flexibility index (Phi) is 4.47. The van der Waals surface area contributed by atoms with Gasteiger partial charge in [-0.15, -0.1) is 0 Å². The minimum absolute atomic E-state index is 0.0138.